The average Bonchev–Trinajstić information content (AvgIpc) is 1.30. The molecule has 0 aromatic heterocycles. The topological polar surface area (TPSA) is 219 Å². The fourth-order valence-electron chi connectivity index (χ4n) is 12.6. The second-order valence-corrected chi connectivity index (χ2v) is 23.8. The van der Waals surface area contributed by atoms with Crippen LogP contribution in [-0.2, 0) is 19.1 Å². The molecular formula is C74H52F6N6O12. The van der Waals surface area contributed by atoms with Gasteiger partial charge in [-0.3, -0.25) is 38.6 Å². The Kier molecular flexibility index (Phi) is 15.8. The maximum atomic E-state index is 15.8. The number of hydrogen-bond acceptors (Lipinski definition) is 14. The maximum absolute atomic E-state index is 15.8. The number of anilines is 4. The molecule has 0 bridgehead atoms. The molecule has 4 N–H and O–H groups in total. The highest BCUT2D eigenvalue weighted by Gasteiger charge is 2.50. The number of halogens is 6. The molecule has 15 rings (SSSR count). The molecule has 0 saturated carbocycles. The minimum Gasteiger partial charge on any atom is -0.457 e. The Morgan fingerprint density at radius 1 is 0.388 bits per heavy atom. The van der Waals surface area contributed by atoms with Crippen molar-refractivity contribution in [1.82, 2.24) is 9.80 Å². The summed E-state index contributed by atoms with van der Waals surface area (Å²) in [5.74, 6) is -8.57. The third kappa shape index (κ3) is 12.3. The second-order valence-electron chi connectivity index (χ2n) is 23.8. The van der Waals surface area contributed by atoms with Gasteiger partial charge in [-0.2, -0.15) is 26.3 Å². The molecule has 4 unspecified atom stereocenters. The van der Waals surface area contributed by atoms with Crippen molar-refractivity contribution in [3.8, 4) is 46.0 Å². The highest BCUT2D eigenvalue weighted by atomic mass is 19.4. The number of benzene rings is 11. The number of rotatable bonds is 22. The van der Waals surface area contributed by atoms with Gasteiger partial charge in [-0.25, -0.2) is 0 Å². The van der Waals surface area contributed by atoms with Crippen LogP contribution in [0.5, 0.6) is 46.0 Å². The molecule has 492 valence electrons. The predicted molar refractivity (Wildman–Crippen MR) is 350 cm³/mol. The third-order valence-electron chi connectivity index (χ3n) is 17.1. The Morgan fingerprint density at radius 2 is 0.643 bits per heavy atom. The van der Waals surface area contributed by atoms with E-state index in [9.17, 15) is 9.59 Å². The Balaban J connectivity index is 0.994. The van der Waals surface area contributed by atoms with E-state index in [4.69, 9.17) is 28.4 Å². The summed E-state index contributed by atoms with van der Waals surface area (Å²) < 4.78 is 129. The van der Waals surface area contributed by atoms with Gasteiger partial charge in [0.05, 0.1) is 60.5 Å². The summed E-state index contributed by atoms with van der Waals surface area (Å²) in [4.78, 5) is 93.2. The Hall–Kier alpha value is -11.8. The van der Waals surface area contributed by atoms with Crippen molar-refractivity contribution in [1.29, 1.82) is 0 Å². The SMILES string of the molecule is O=C(Nc1ccc(NCC2CO2)cc1)C(CC(F)(F)F)N1C(=O)c2cc(Oc3ccccc3)c3c4c(Oc5ccccc5)cc5c6c(cc(Oc7ccccc7)c(c7c(Oc8ccccc8)cc(c2c37)C1=O)c64)C(=O)N(C(CC(F)(F)F)C(=O)Nc1ccc(NCC2CO2)cc1)C5=O. The average molecular weight is 1330 g/mol. The number of fused-ring (bicyclic) bond motifs is 2. The van der Waals surface area contributed by atoms with Crippen molar-refractivity contribution < 1.29 is 83.5 Å². The van der Waals surface area contributed by atoms with E-state index in [1.165, 1.54) is 48.5 Å². The number of nitrogens with zero attached hydrogens (tertiary/aromatic N) is 2. The van der Waals surface area contributed by atoms with Gasteiger partial charge in [0, 0.05) is 78.9 Å². The minimum absolute atomic E-state index is 0.0126. The Bertz CT molecular complexity index is 4480. The summed E-state index contributed by atoms with van der Waals surface area (Å²) in [5.41, 5.74) is -0.408. The first-order valence-corrected chi connectivity index (χ1v) is 31.0. The molecule has 11 aromatic carbocycles. The molecule has 2 saturated heterocycles. The van der Waals surface area contributed by atoms with Crippen LogP contribution in [0.15, 0.2) is 194 Å². The lowest BCUT2D eigenvalue weighted by Crippen LogP contribution is -2.53. The molecule has 24 heteroatoms. The van der Waals surface area contributed by atoms with Crippen LogP contribution in [0.2, 0.25) is 0 Å². The Labute approximate surface area is 551 Å². The van der Waals surface area contributed by atoms with Crippen LogP contribution in [0.3, 0.4) is 0 Å². The molecule has 4 heterocycles. The standard InChI is InChI=1S/C74H52F6N6O12/c75-73(76,77)33-53(67(87)83-41-25-21-39(22-26-41)81-35-47-37-93-47)85-69(89)49-29-55(95-43-13-5-1-6-14-43)61-62-56(96-44-15-7-2-8-16-44)30-51-60-52(72(92)86(71(51)91)54(34-74(78,79)80)68(88)84-42-27-23-40(24-28-42)82-36-48-38-94-48)32-58(98-46-19-11-4-12-20-46)64(66(60)62)63-57(97-45-17-9-3-10-18-45)31-50(70(85)90)59(49)65(61)63/h1-32,47-48,53-54,81-82H,33-38H2,(H,83,87)(H,84,88). The minimum atomic E-state index is -5.16. The highest BCUT2D eigenvalue weighted by Crippen LogP contribution is 2.58. The number of alkyl halides is 6. The van der Waals surface area contributed by atoms with E-state index in [0.29, 0.717) is 37.7 Å². The second kappa shape index (κ2) is 24.8. The molecule has 0 spiro atoms. The largest absolute Gasteiger partial charge is 0.457 e. The van der Waals surface area contributed by atoms with Gasteiger partial charge in [-0.05, 0) is 121 Å². The molecule has 18 nitrogen and oxygen atoms in total. The summed E-state index contributed by atoms with van der Waals surface area (Å²) in [6.07, 6.45) is -14.3. The zero-order chi connectivity index (χ0) is 67.7. The normalized spacial score (nSPS) is 16.3. The fourth-order valence-corrected chi connectivity index (χ4v) is 12.6. The van der Waals surface area contributed by atoms with Crippen molar-refractivity contribution in [2.24, 2.45) is 0 Å². The number of imide groups is 2. The van der Waals surface area contributed by atoms with Gasteiger partial charge in [-0.15, -0.1) is 0 Å². The molecular weight excluding hydrogens is 1280 g/mol. The van der Waals surface area contributed by atoms with Crippen molar-refractivity contribution in [2.75, 3.05) is 47.6 Å². The molecule has 98 heavy (non-hydrogen) atoms. The van der Waals surface area contributed by atoms with E-state index in [1.807, 2.05) is 0 Å². The van der Waals surface area contributed by atoms with Gasteiger partial charge in [-0.1, -0.05) is 72.8 Å². The molecule has 4 aliphatic rings. The third-order valence-corrected chi connectivity index (χ3v) is 17.1. The Morgan fingerprint density at radius 3 is 0.888 bits per heavy atom. The van der Waals surface area contributed by atoms with E-state index < -0.39 is 95.0 Å². The lowest BCUT2D eigenvalue weighted by Gasteiger charge is -2.36. The van der Waals surface area contributed by atoms with Crippen LogP contribution in [0.1, 0.15) is 54.3 Å². The zero-order valence-electron chi connectivity index (χ0n) is 51.1. The molecule has 4 atom stereocenters. The lowest BCUT2D eigenvalue weighted by atomic mass is 9.80. The van der Waals surface area contributed by atoms with Gasteiger partial charge in [0.25, 0.3) is 23.6 Å². The maximum Gasteiger partial charge on any atom is 0.391 e. The highest BCUT2D eigenvalue weighted by molar-refractivity contribution is 6.45. The van der Waals surface area contributed by atoms with Crippen molar-refractivity contribution in [3.05, 3.63) is 216 Å². The summed E-state index contributed by atoms with van der Waals surface area (Å²) in [5, 5.41) is 10.8. The van der Waals surface area contributed by atoms with Crippen molar-refractivity contribution in [3.63, 3.8) is 0 Å². The number of hydrogen-bond donors (Lipinski definition) is 4. The van der Waals surface area contributed by atoms with Crippen LogP contribution in [0.25, 0.3) is 43.1 Å². The number of carbonyl (C=O) groups excluding carboxylic acids is 6. The summed E-state index contributed by atoms with van der Waals surface area (Å²) in [6.45, 7) is 2.12. The molecule has 6 amide bonds. The van der Waals surface area contributed by atoms with Gasteiger partial charge < -0.3 is 49.7 Å². The fraction of sp³-hybridized carbons (Fsp3) is 0.162. The van der Waals surface area contributed by atoms with E-state index >= 15 is 45.5 Å². The van der Waals surface area contributed by atoms with Gasteiger partial charge >= 0.3 is 12.4 Å². The number of ether oxygens (including phenoxy) is 6. The van der Waals surface area contributed by atoms with Crippen LogP contribution in [0, 0.1) is 0 Å². The van der Waals surface area contributed by atoms with Crippen LogP contribution < -0.4 is 40.2 Å². The quantitative estimate of drug-likeness (QED) is 0.0163. The van der Waals surface area contributed by atoms with Crippen molar-refractivity contribution in [2.45, 2.75) is 49.5 Å². The number of para-hydroxylation sites is 4. The smallest absolute Gasteiger partial charge is 0.391 e. The monoisotopic (exact) mass is 1330 g/mol. The first-order valence-electron chi connectivity index (χ1n) is 31.0. The van der Waals surface area contributed by atoms with Gasteiger partial charge in [0.15, 0.2) is 0 Å². The zero-order valence-corrected chi connectivity index (χ0v) is 51.1. The first-order chi connectivity index (χ1) is 47.3. The summed E-state index contributed by atoms with van der Waals surface area (Å²) in [7, 11) is 0. The molecule has 4 aliphatic heterocycles. The van der Waals surface area contributed by atoms with Gasteiger partial charge in [0.1, 0.15) is 58.1 Å². The van der Waals surface area contributed by atoms with E-state index in [0.717, 1.165) is 0 Å². The lowest BCUT2D eigenvalue weighted by molar-refractivity contribution is -0.151. The van der Waals surface area contributed by atoms with Crippen LogP contribution in [0.4, 0.5) is 49.1 Å². The predicted octanol–water partition coefficient (Wildman–Crippen LogP) is 15.6. The van der Waals surface area contributed by atoms with Crippen LogP contribution in [-0.4, -0.2) is 108 Å². The molecule has 11 aromatic rings. The molecule has 0 aliphatic carbocycles. The number of carbonyl (C=O) groups is 6. The molecule has 0 radical (unpaired) electrons. The molecule has 2 fully saturated rings. The van der Waals surface area contributed by atoms with Crippen molar-refractivity contribution >= 4 is 101 Å². The number of amides is 6. The number of nitrogens with one attached hydrogen (secondary N) is 4. The van der Waals surface area contributed by atoms with Crippen LogP contribution >= 0.6 is 0 Å². The van der Waals surface area contributed by atoms with Gasteiger partial charge in [0.2, 0.25) is 11.8 Å². The van der Waals surface area contributed by atoms with E-state index in [2.05, 4.69) is 21.3 Å². The van der Waals surface area contributed by atoms with E-state index in [1.54, 1.807) is 146 Å². The summed E-state index contributed by atoms with van der Waals surface area (Å²) >= 11 is 0. The first kappa shape index (κ1) is 62.4. The summed E-state index contributed by atoms with van der Waals surface area (Å²) in [6, 6.07) is 44.1. The van der Waals surface area contributed by atoms with E-state index in [-0.39, 0.29) is 122 Å². The number of epoxide rings is 2.